The highest BCUT2D eigenvalue weighted by Gasteiger charge is 2.28. The Kier molecular flexibility index (Phi) is 5.22. The Morgan fingerprint density at radius 1 is 1.15 bits per heavy atom. The van der Waals surface area contributed by atoms with Crippen LogP contribution in [0.4, 0.5) is 5.69 Å². The normalized spacial score (nSPS) is 24.3. The SMILES string of the molecule is CC(=O)O[C@@H]1CC/C=C\CC[C@H]1N(C)c1ccccc1. The van der Waals surface area contributed by atoms with Crippen LogP contribution in [-0.4, -0.2) is 25.2 Å². The minimum absolute atomic E-state index is 0.0392. The number of hydrogen-bond acceptors (Lipinski definition) is 3. The summed E-state index contributed by atoms with van der Waals surface area (Å²) in [6.45, 7) is 1.49. The van der Waals surface area contributed by atoms with Crippen LogP contribution >= 0.6 is 0 Å². The fraction of sp³-hybridized carbons (Fsp3) is 0.471. The zero-order valence-electron chi connectivity index (χ0n) is 12.3. The Labute approximate surface area is 121 Å². The summed E-state index contributed by atoms with van der Waals surface area (Å²) in [5.41, 5.74) is 1.17. The lowest BCUT2D eigenvalue weighted by Crippen LogP contribution is -2.43. The topological polar surface area (TPSA) is 29.5 Å². The predicted octanol–water partition coefficient (Wildman–Crippen LogP) is 3.55. The van der Waals surface area contributed by atoms with E-state index in [4.69, 9.17) is 4.74 Å². The van der Waals surface area contributed by atoms with Crippen molar-refractivity contribution in [3.05, 3.63) is 42.5 Å². The van der Waals surface area contributed by atoms with Crippen LogP contribution in [0.25, 0.3) is 0 Å². The number of para-hydroxylation sites is 1. The number of ether oxygens (including phenoxy) is 1. The van der Waals surface area contributed by atoms with E-state index in [1.165, 1.54) is 12.6 Å². The maximum Gasteiger partial charge on any atom is 0.302 e. The van der Waals surface area contributed by atoms with Gasteiger partial charge in [-0.3, -0.25) is 4.79 Å². The lowest BCUT2D eigenvalue weighted by Gasteiger charge is -2.36. The van der Waals surface area contributed by atoms with Gasteiger partial charge in [0, 0.05) is 19.7 Å². The van der Waals surface area contributed by atoms with E-state index in [2.05, 4.69) is 36.2 Å². The first-order chi connectivity index (χ1) is 9.68. The van der Waals surface area contributed by atoms with Crippen LogP contribution in [0.1, 0.15) is 32.6 Å². The van der Waals surface area contributed by atoms with Crippen molar-refractivity contribution in [3.63, 3.8) is 0 Å². The van der Waals surface area contributed by atoms with Crippen molar-refractivity contribution in [1.29, 1.82) is 0 Å². The third-order valence-corrected chi connectivity index (χ3v) is 3.82. The van der Waals surface area contributed by atoms with Crippen molar-refractivity contribution in [3.8, 4) is 0 Å². The van der Waals surface area contributed by atoms with E-state index in [1.54, 1.807) is 0 Å². The summed E-state index contributed by atoms with van der Waals surface area (Å²) >= 11 is 0. The molecule has 0 bridgehead atoms. The average Bonchev–Trinajstić information content (AvgIpc) is 2.42. The number of benzene rings is 1. The van der Waals surface area contributed by atoms with Gasteiger partial charge in [-0.2, -0.15) is 0 Å². The third kappa shape index (κ3) is 3.86. The molecule has 0 spiro atoms. The van der Waals surface area contributed by atoms with Crippen molar-refractivity contribution in [2.45, 2.75) is 44.8 Å². The smallest absolute Gasteiger partial charge is 0.302 e. The van der Waals surface area contributed by atoms with Crippen molar-refractivity contribution in [2.24, 2.45) is 0 Å². The van der Waals surface area contributed by atoms with E-state index >= 15 is 0 Å². The van der Waals surface area contributed by atoms with Gasteiger partial charge in [-0.1, -0.05) is 30.4 Å². The predicted molar refractivity (Wildman–Crippen MR) is 81.8 cm³/mol. The molecular formula is C17H23NO2. The molecule has 2 rings (SSSR count). The van der Waals surface area contributed by atoms with Crippen LogP contribution in [0.3, 0.4) is 0 Å². The Balaban J connectivity index is 2.18. The van der Waals surface area contributed by atoms with Gasteiger partial charge in [-0.25, -0.2) is 0 Å². The van der Waals surface area contributed by atoms with Gasteiger partial charge in [-0.05, 0) is 37.8 Å². The number of anilines is 1. The maximum absolute atomic E-state index is 11.4. The molecule has 1 aromatic carbocycles. The largest absolute Gasteiger partial charge is 0.460 e. The van der Waals surface area contributed by atoms with E-state index in [1.807, 2.05) is 18.2 Å². The highest BCUT2D eigenvalue weighted by atomic mass is 16.5. The van der Waals surface area contributed by atoms with Gasteiger partial charge in [0.25, 0.3) is 0 Å². The molecule has 0 heterocycles. The summed E-state index contributed by atoms with van der Waals surface area (Å²) < 4.78 is 5.57. The molecule has 0 aromatic heterocycles. The summed E-state index contributed by atoms with van der Waals surface area (Å²) in [5.74, 6) is -0.189. The van der Waals surface area contributed by atoms with Crippen LogP contribution in [0, 0.1) is 0 Å². The van der Waals surface area contributed by atoms with Crippen LogP contribution in [0.2, 0.25) is 0 Å². The second kappa shape index (κ2) is 7.13. The highest BCUT2D eigenvalue weighted by Crippen LogP contribution is 2.25. The standard InChI is InChI=1S/C17H23NO2/c1-14(19)20-17-13-9-4-3-8-12-16(17)18(2)15-10-6-5-7-11-15/h3-7,10-11,16-17H,8-9,12-13H2,1-2H3/b4-3-/t16-,17-/m1/s1. The highest BCUT2D eigenvalue weighted by molar-refractivity contribution is 5.66. The van der Waals surface area contributed by atoms with E-state index in [0.29, 0.717) is 0 Å². The lowest BCUT2D eigenvalue weighted by molar-refractivity contribution is -0.147. The summed E-state index contributed by atoms with van der Waals surface area (Å²) in [5, 5.41) is 0. The van der Waals surface area contributed by atoms with Gasteiger partial charge < -0.3 is 9.64 Å². The number of esters is 1. The van der Waals surface area contributed by atoms with E-state index in [-0.39, 0.29) is 18.1 Å². The van der Waals surface area contributed by atoms with Gasteiger partial charge in [-0.15, -0.1) is 0 Å². The molecule has 0 saturated carbocycles. The van der Waals surface area contributed by atoms with Crippen LogP contribution in [-0.2, 0) is 9.53 Å². The number of carbonyl (C=O) groups is 1. The van der Waals surface area contributed by atoms with E-state index < -0.39 is 0 Å². The van der Waals surface area contributed by atoms with Crippen molar-refractivity contribution in [1.82, 2.24) is 0 Å². The molecule has 1 aliphatic carbocycles. The van der Waals surface area contributed by atoms with Gasteiger partial charge >= 0.3 is 5.97 Å². The van der Waals surface area contributed by atoms with Crippen molar-refractivity contribution in [2.75, 3.05) is 11.9 Å². The summed E-state index contributed by atoms with van der Waals surface area (Å²) in [4.78, 5) is 13.6. The molecule has 0 N–H and O–H groups in total. The van der Waals surface area contributed by atoms with Gasteiger partial charge in [0.1, 0.15) is 6.10 Å². The molecular weight excluding hydrogens is 250 g/mol. The van der Waals surface area contributed by atoms with Gasteiger partial charge in [0.15, 0.2) is 0 Å². The van der Waals surface area contributed by atoms with Crippen LogP contribution in [0.15, 0.2) is 42.5 Å². The monoisotopic (exact) mass is 273 g/mol. The average molecular weight is 273 g/mol. The van der Waals surface area contributed by atoms with Crippen molar-refractivity contribution < 1.29 is 9.53 Å². The molecule has 0 fully saturated rings. The Morgan fingerprint density at radius 2 is 1.80 bits per heavy atom. The zero-order chi connectivity index (χ0) is 14.4. The Morgan fingerprint density at radius 3 is 2.45 bits per heavy atom. The molecule has 0 aliphatic heterocycles. The second-order valence-corrected chi connectivity index (χ2v) is 5.29. The minimum atomic E-state index is -0.189. The number of carbonyl (C=O) groups excluding carboxylic acids is 1. The molecule has 3 heteroatoms. The van der Waals surface area contributed by atoms with Crippen LogP contribution < -0.4 is 4.90 Å². The second-order valence-electron chi connectivity index (χ2n) is 5.29. The molecule has 0 amide bonds. The quantitative estimate of drug-likeness (QED) is 0.623. The third-order valence-electron chi connectivity index (χ3n) is 3.82. The zero-order valence-corrected chi connectivity index (χ0v) is 12.3. The van der Waals surface area contributed by atoms with Gasteiger partial charge in [0.05, 0.1) is 6.04 Å². The number of likely N-dealkylation sites (N-methyl/N-ethyl adjacent to an activating group) is 1. The summed E-state index contributed by atoms with van der Waals surface area (Å²) in [7, 11) is 2.09. The van der Waals surface area contributed by atoms with Gasteiger partial charge in [0.2, 0.25) is 0 Å². The summed E-state index contributed by atoms with van der Waals surface area (Å²) in [6.07, 6.45) is 8.27. The number of hydrogen-bond donors (Lipinski definition) is 0. The lowest BCUT2D eigenvalue weighted by atomic mass is 9.96. The Bertz CT molecular complexity index is 455. The number of nitrogens with zero attached hydrogens (tertiary/aromatic N) is 1. The first-order valence-electron chi connectivity index (χ1n) is 7.28. The minimum Gasteiger partial charge on any atom is -0.460 e. The molecule has 20 heavy (non-hydrogen) atoms. The van der Waals surface area contributed by atoms with E-state index in [9.17, 15) is 4.79 Å². The molecule has 0 saturated heterocycles. The first-order valence-corrected chi connectivity index (χ1v) is 7.28. The molecule has 2 atom stereocenters. The molecule has 1 aliphatic rings. The van der Waals surface area contributed by atoms with Crippen LogP contribution in [0.5, 0.6) is 0 Å². The molecule has 108 valence electrons. The fourth-order valence-corrected chi connectivity index (χ4v) is 2.79. The first kappa shape index (κ1) is 14.6. The van der Waals surface area contributed by atoms with Crippen molar-refractivity contribution >= 4 is 11.7 Å². The Hall–Kier alpha value is -1.77. The molecule has 1 aromatic rings. The number of allylic oxidation sites excluding steroid dienone is 2. The van der Waals surface area contributed by atoms with E-state index in [0.717, 1.165) is 25.7 Å². The maximum atomic E-state index is 11.4. The summed E-state index contributed by atoms with van der Waals surface area (Å²) in [6, 6.07) is 10.5. The molecule has 0 radical (unpaired) electrons. The molecule has 3 nitrogen and oxygen atoms in total. The fourth-order valence-electron chi connectivity index (χ4n) is 2.79. The number of rotatable bonds is 3. The molecule has 0 unspecified atom stereocenters.